The van der Waals surface area contributed by atoms with Gasteiger partial charge in [-0.05, 0) is 6.92 Å². The van der Waals surface area contributed by atoms with Crippen molar-refractivity contribution in [2.75, 3.05) is 0 Å². The van der Waals surface area contributed by atoms with Gasteiger partial charge in [0.05, 0.1) is 11.9 Å². The molecule has 0 aliphatic rings. The molecule has 0 bridgehead atoms. The maximum Gasteiger partial charge on any atom is 0.176 e. The van der Waals surface area contributed by atoms with E-state index in [1.165, 1.54) is 0 Å². The minimum absolute atomic E-state index is 0.104. The van der Waals surface area contributed by atoms with E-state index in [4.69, 9.17) is 5.73 Å². The number of aromatic nitrogens is 5. The van der Waals surface area contributed by atoms with Crippen LogP contribution in [0.15, 0.2) is 18.5 Å². The van der Waals surface area contributed by atoms with Crippen molar-refractivity contribution in [3.63, 3.8) is 0 Å². The Kier molecular flexibility index (Phi) is 2.05. The Morgan fingerprint density at radius 3 is 2.79 bits per heavy atom. The monoisotopic (exact) mass is 192 g/mol. The molecule has 1 atom stereocenters. The van der Waals surface area contributed by atoms with E-state index in [1.807, 2.05) is 26.2 Å². The Labute approximate surface area is 81.3 Å². The molecule has 0 radical (unpaired) electrons. The van der Waals surface area contributed by atoms with E-state index >= 15 is 0 Å². The van der Waals surface area contributed by atoms with Crippen LogP contribution in [0.1, 0.15) is 18.7 Å². The van der Waals surface area contributed by atoms with Crippen LogP contribution < -0.4 is 5.73 Å². The second kappa shape index (κ2) is 3.22. The summed E-state index contributed by atoms with van der Waals surface area (Å²) in [7, 11) is 1.85. The molecule has 14 heavy (non-hydrogen) atoms. The van der Waals surface area contributed by atoms with Gasteiger partial charge in [0.15, 0.2) is 5.82 Å². The molecule has 0 amide bonds. The van der Waals surface area contributed by atoms with Crippen molar-refractivity contribution in [2.45, 2.75) is 13.0 Å². The molecule has 6 nitrogen and oxygen atoms in total. The molecular weight excluding hydrogens is 180 g/mol. The van der Waals surface area contributed by atoms with E-state index in [0.717, 1.165) is 11.5 Å². The number of rotatable bonds is 2. The quantitative estimate of drug-likeness (QED) is 0.728. The first-order valence-electron chi connectivity index (χ1n) is 4.34. The molecule has 2 aromatic heterocycles. The van der Waals surface area contributed by atoms with Crippen LogP contribution >= 0.6 is 0 Å². The summed E-state index contributed by atoms with van der Waals surface area (Å²) in [5, 5.41) is 12.1. The maximum absolute atomic E-state index is 5.67. The molecule has 0 saturated heterocycles. The van der Waals surface area contributed by atoms with Crippen molar-refractivity contribution >= 4 is 0 Å². The molecular formula is C8H12N6. The predicted molar refractivity (Wildman–Crippen MR) is 50.7 cm³/mol. The lowest BCUT2D eigenvalue weighted by molar-refractivity contribution is 0.712. The van der Waals surface area contributed by atoms with Crippen molar-refractivity contribution in [1.82, 2.24) is 24.8 Å². The molecule has 0 saturated carbocycles. The van der Waals surface area contributed by atoms with Gasteiger partial charge < -0.3 is 5.73 Å². The molecule has 2 N–H and O–H groups in total. The first-order chi connectivity index (χ1) is 6.66. The Hall–Kier alpha value is -1.69. The van der Waals surface area contributed by atoms with Crippen LogP contribution in [-0.2, 0) is 7.05 Å². The van der Waals surface area contributed by atoms with Gasteiger partial charge in [0, 0.05) is 25.4 Å². The van der Waals surface area contributed by atoms with Gasteiger partial charge in [-0.3, -0.25) is 4.68 Å². The summed E-state index contributed by atoms with van der Waals surface area (Å²) in [6, 6.07) is 1.76. The lowest BCUT2D eigenvalue weighted by Crippen LogP contribution is -2.04. The molecule has 2 aromatic rings. The summed E-state index contributed by atoms with van der Waals surface area (Å²) < 4.78 is 3.32. The molecule has 74 valence electrons. The van der Waals surface area contributed by atoms with Gasteiger partial charge in [0.1, 0.15) is 0 Å². The molecule has 0 spiro atoms. The van der Waals surface area contributed by atoms with Crippen molar-refractivity contribution < 1.29 is 0 Å². The van der Waals surface area contributed by atoms with E-state index in [0.29, 0.717) is 0 Å². The number of aryl methyl sites for hydroxylation is 1. The molecule has 2 rings (SSSR count). The standard InChI is InChI=1S/C8H12N6/c1-6(9)7-5-14(12-10-7)8-3-4-13(2)11-8/h3-6H,9H2,1-2H3/t6-/m1/s1. The van der Waals surface area contributed by atoms with Crippen LogP contribution in [0.2, 0.25) is 0 Å². The van der Waals surface area contributed by atoms with E-state index in [1.54, 1.807) is 15.6 Å². The van der Waals surface area contributed by atoms with E-state index < -0.39 is 0 Å². The van der Waals surface area contributed by atoms with E-state index in [9.17, 15) is 0 Å². The van der Waals surface area contributed by atoms with Crippen molar-refractivity contribution in [1.29, 1.82) is 0 Å². The number of nitrogens with two attached hydrogens (primary N) is 1. The Balaban J connectivity index is 2.33. The first-order valence-corrected chi connectivity index (χ1v) is 4.34. The third kappa shape index (κ3) is 1.51. The highest BCUT2D eigenvalue weighted by Gasteiger charge is 2.07. The molecule has 2 heterocycles. The normalized spacial score (nSPS) is 13.1. The second-order valence-corrected chi connectivity index (χ2v) is 3.22. The van der Waals surface area contributed by atoms with Crippen molar-refractivity contribution in [3.05, 3.63) is 24.2 Å². The molecule has 0 aromatic carbocycles. The molecule has 6 heteroatoms. The van der Waals surface area contributed by atoms with Crippen molar-refractivity contribution in [2.24, 2.45) is 12.8 Å². The van der Waals surface area contributed by atoms with E-state index in [2.05, 4.69) is 15.4 Å². The number of hydrogen-bond donors (Lipinski definition) is 1. The first kappa shape index (κ1) is 8.89. The van der Waals surface area contributed by atoms with E-state index in [-0.39, 0.29) is 6.04 Å². The zero-order valence-corrected chi connectivity index (χ0v) is 8.12. The zero-order valence-electron chi connectivity index (χ0n) is 8.12. The highest BCUT2D eigenvalue weighted by molar-refractivity contribution is 5.18. The van der Waals surface area contributed by atoms with Gasteiger partial charge in [0.2, 0.25) is 0 Å². The lowest BCUT2D eigenvalue weighted by atomic mass is 10.3. The SMILES string of the molecule is C[C@@H](N)c1cn(-c2ccn(C)n2)nn1. The molecule has 0 aliphatic heterocycles. The highest BCUT2D eigenvalue weighted by atomic mass is 15.5. The topological polar surface area (TPSA) is 74.5 Å². The van der Waals surface area contributed by atoms with Gasteiger partial charge in [-0.1, -0.05) is 5.21 Å². The van der Waals surface area contributed by atoms with Crippen molar-refractivity contribution in [3.8, 4) is 5.82 Å². The number of hydrogen-bond acceptors (Lipinski definition) is 4. The summed E-state index contributed by atoms with van der Waals surface area (Å²) in [5.74, 6) is 0.743. The third-order valence-electron chi connectivity index (χ3n) is 1.91. The fourth-order valence-corrected chi connectivity index (χ4v) is 1.12. The minimum Gasteiger partial charge on any atom is -0.323 e. The predicted octanol–water partition coefficient (Wildman–Crippen LogP) is 0.0205. The van der Waals surface area contributed by atoms with Crippen LogP contribution in [-0.4, -0.2) is 24.8 Å². The average Bonchev–Trinajstić information content (AvgIpc) is 2.70. The third-order valence-corrected chi connectivity index (χ3v) is 1.91. The summed E-state index contributed by atoms with van der Waals surface area (Å²) in [6.07, 6.45) is 3.63. The smallest absolute Gasteiger partial charge is 0.176 e. The van der Waals surface area contributed by atoms with Crippen LogP contribution in [0.5, 0.6) is 0 Å². The zero-order chi connectivity index (χ0) is 10.1. The second-order valence-electron chi connectivity index (χ2n) is 3.22. The average molecular weight is 192 g/mol. The van der Waals surface area contributed by atoms with Crippen LogP contribution in [0.3, 0.4) is 0 Å². The molecule has 0 aliphatic carbocycles. The summed E-state index contributed by atoms with van der Waals surface area (Å²) >= 11 is 0. The van der Waals surface area contributed by atoms with Gasteiger partial charge in [0.25, 0.3) is 0 Å². The summed E-state index contributed by atoms with van der Waals surface area (Å²) in [6.45, 7) is 1.87. The fraction of sp³-hybridized carbons (Fsp3) is 0.375. The number of nitrogens with zero attached hydrogens (tertiary/aromatic N) is 5. The Morgan fingerprint density at radius 1 is 1.50 bits per heavy atom. The van der Waals surface area contributed by atoms with Gasteiger partial charge in [-0.25, -0.2) is 4.68 Å². The maximum atomic E-state index is 5.67. The minimum atomic E-state index is -0.104. The Morgan fingerprint density at radius 2 is 2.29 bits per heavy atom. The molecule has 0 unspecified atom stereocenters. The highest BCUT2D eigenvalue weighted by Crippen LogP contribution is 2.07. The van der Waals surface area contributed by atoms with Crippen LogP contribution in [0, 0.1) is 0 Å². The van der Waals surface area contributed by atoms with Gasteiger partial charge in [-0.2, -0.15) is 5.10 Å². The summed E-state index contributed by atoms with van der Waals surface area (Å²) in [4.78, 5) is 0. The largest absolute Gasteiger partial charge is 0.323 e. The van der Waals surface area contributed by atoms with Crippen LogP contribution in [0.4, 0.5) is 0 Å². The van der Waals surface area contributed by atoms with Gasteiger partial charge >= 0.3 is 0 Å². The molecule has 0 fully saturated rings. The summed E-state index contributed by atoms with van der Waals surface area (Å²) in [5.41, 5.74) is 6.43. The Bertz CT molecular complexity index is 426. The van der Waals surface area contributed by atoms with Crippen LogP contribution in [0.25, 0.3) is 5.82 Å². The lowest BCUT2D eigenvalue weighted by Gasteiger charge is -1.95. The fourth-order valence-electron chi connectivity index (χ4n) is 1.12. The van der Waals surface area contributed by atoms with Gasteiger partial charge in [-0.15, -0.1) is 5.10 Å².